The summed E-state index contributed by atoms with van der Waals surface area (Å²) < 4.78 is 0. The second kappa shape index (κ2) is 4.28. The third-order valence-electron chi connectivity index (χ3n) is 3.19. The fourth-order valence-corrected chi connectivity index (χ4v) is 2.32. The van der Waals surface area contributed by atoms with Crippen molar-refractivity contribution in [1.82, 2.24) is 10.6 Å². The Bertz CT molecular complexity index is 220. The molecule has 0 aromatic carbocycles. The maximum Gasteiger partial charge on any atom is 0.237 e. The molecular formula is C10H18N2O2. The van der Waals surface area contributed by atoms with E-state index < -0.39 is 0 Å². The quantitative estimate of drug-likeness (QED) is 0.574. The van der Waals surface area contributed by atoms with Crippen LogP contribution in [0.1, 0.15) is 32.1 Å². The maximum absolute atomic E-state index is 11.3. The van der Waals surface area contributed by atoms with Gasteiger partial charge in [-0.15, -0.1) is 0 Å². The van der Waals surface area contributed by atoms with E-state index in [1.54, 1.807) is 0 Å². The van der Waals surface area contributed by atoms with Gasteiger partial charge < -0.3 is 15.7 Å². The zero-order valence-corrected chi connectivity index (χ0v) is 8.33. The molecule has 1 saturated carbocycles. The highest BCUT2D eigenvalue weighted by Gasteiger charge is 2.30. The summed E-state index contributed by atoms with van der Waals surface area (Å²) in [4.78, 5) is 11.3. The number of hydrogen-bond acceptors (Lipinski definition) is 3. The van der Waals surface area contributed by atoms with E-state index in [-0.39, 0.29) is 24.1 Å². The number of amides is 1. The summed E-state index contributed by atoms with van der Waals surface area (Å²) in [5, 5.41) is 15.8. The van der Waals surface area contributed by atoms with Gasteiger partial charge in [0, 0.05) is 12.6 Å². The van der Waals surface area contributed by atoms with E-state index in [2.05, 4.69) is 10.6 Å². The van der Waals surface area contributed by atoms with Crippen LogP contribution in [0.25, 0.3) is 0 Å². The van der Waals surface area contributed by atoms with Gasteiger partial charge >= 0.3 is 0 Å². The summed E-state index contributed by atoms with van der Waals surface area (Å²) in [5.74, 6) is 0.0859. The van der Waals surface area contributed by atoms with Crippen LogP contribution in [0.3, 0.4) is 0 Å². The zero-order chi connectivity index (χ0) is 9.97. The number of rotatable bonds is 2. The van der Waals surface area contributed by atoms with Gasteiger partial charge in [-0.05, 0) is 19.3 Å². The molecule has 1 amide bonds. The van der Waals surface area contributed by atoms with Crippen LogP contribution in [0.15, 0.2) is 0 Å². The van der Waals surface area contributed by atoms with Crippen molar-refractivity contribution in [2.45, 2.75) is 50.3 Å². The van der Waals surface area contributed by atoms with Crippen LogP contribution in [-0.2, 0) is 4.79 Å². The largest absolute Gasteiger partial charge is 0.392 e. The third kappa shape index (κ3) is 2.07. The van der Waals surface area contributed by atoms with E-state index in [9.17, 15) is 9.90 Å². The van der Waals surface area contributed by atoms with Crippen molar-refractivity contribution in [3.05, 3.63) is 0 Å². The number of carbonyl (C=O) groups is 1. The Morgan fingerprint density at radius 2 is 2.07 bits per heavy atom. The highest BCUT2D eigenvalue weighted by atomic mass is 16.3. The second-order valence-corrected chi connectivity index (χ2v) is 4.26. The fraction of sp³-hybridized carbons (Fsp3) is 0.900. The number of nitrogens with one attached hydrogen (secondary N) is 2. The molecule has 1 aliphatic heterocycles. The van der Waals surface area contributed by atoms with Crippen molar-refractivity contribution >= 4 is 5.91 Å². The lowest BCUT2D eigenvalue weighted by Crippen LogP contribution is -2.49. The summed E-state index contributed by atoms with van der Waals surface area (Å²) >= 11 is 0. The van der Waals surface area contributed by atoms with Crippen LogP contribution in [0, 0.1) is 0 Å². The summed E-state index contributed by atoms with van der Waals surface area (Å²) in [6, 6.07) is 0.0466. The number of aliphatic hydroxyl groups is 1. The first kappa shape index (κ1) is 9.93. The lowest BCUT2D eigenvalue weighted by atomic mass is 9.92. The minimum Gasteiger partial charge on any atom is -0.392 e. The highest BCUT2D eigenvalue weighted by Crippen LogP contribution is 2.19. The first-order valence-corrected chi connectivity index (χ1v) is 5.49. The van der Waals surface area contributed by atoms with E-state index in [4.69, 9.17) is 0 Å². The Balaban J connectivity index is 1.86. The molecule has 80 valence electrons. The molecule has 0 bridgehead atoms. The van der Waals surface area contributed by atoms with E-state index in [0.717, 1.165) is 38.6 Å². The Morgan fingerprint density at radius 3 is 2.71 bits per heavy atom. The molecule has 1 heterocycles. The van der Waals surface area contributed by atoms with Crippen molar-refractivity contribution in [3.63, 3.8) is 0 Å². The van der Waals surface area contributed by atoms with Gasteiger partial charge in [0.05, 0.1) is 12.1 Å². The molecule has 0 spiro atoms. The first-order valence-electron chi connectivity index (χ1n) is 5.49. The average molecular weight is 198 g/mol. The van der Waals surface area contributed by atoms with E-state index in [1.165, 1.54) is 0 Å². The van der Waals surface area contributed by atoms with Crippen LogP contribution >= 0.6 is 0 Å². The monoisotopic (exact) mass is 198 g/mol. The van der Waals surface area contributed by atoms with E-state index >= 15 is 0 Å². The van der Waals surface area contributed by atoms with Crippen LogP contribution in [0.2, 0.25) is 0 Å². The van der Waals surface area contributed by atoms with Crippen molar-refractivity contribution < 1.29 is 9.90 Å². The summed E-state index contributed by atoms with van der Waals surface area (Å²) in [6.07, 6.45) is 4.70. The van der Waals surface area contributed by atoms with E-state index in [0.29, 0.717) is 0 Å². The van der Waals surface area contributed by atoms with Crippen LogP contribution in [0.4, 0.5) is 0 Å². The lowest BCUT2D eigenvalue weighted by Gasteiger charge is -2.30. The van der Waals surface area contributed by atoms with Gasteiger partial charge in [0.25, 0.3) is 0 Å². The molecule has 0 aromatic rings. The Morgan fingerprint density at radius 1 is 1.29 bits per heavy atom. The summed E-state index contributed by atoms with van der Waals surface area (Å²) in [5.41, 5.74) is 0. The van der Waals surface area contributed by atoms with Gasteiger partial charge in [0.15, 0.2) is 0 Å². The smallest absolute Gasteiger partial charge is 0.237 e. The number of hydrogen-bond donors (Lipinski definition) is 3. The molecule has 1 unspecified atom stereocenters. The van der Waals surface area contributed by atoms with Crippen molar-refractivity contribution in [1.29, 1.82) is 0 Å². The SMILES string of the molecule is O=C1NCCC1N[C@H]1CCCC[C@@H]1O. The minimum absolute atomic E-state index is 0.0762. The molecule has 4 heteroatoms. The molecule has 14 heavy (non-hydrogen) atoms. The zero-order valence-electron chi connectivity index (χ0n) is 8.33. The molecule has 2 rings (SSSR count). The van der Waals surface area contributed by atoms with Gasteiger partial charge in [0.1, 0.15) is 0 Å². The van der Waals surface area contributed by atoms with E-state index in [1.807, 2.05) is 0 Å². The van der Waals surface area contributed by atoms with Gasteiger partial charge in [-0.25, -0.2) is 0 Å². The third-order valence-corrected chi connectivity index (χ3v) is 3.19. The molecule has 0 radical (unpaired) electrons. The van der Waals surface area contributed by atoms with Crippen molar-refractivity contribution in [2.75, 3.05) is 6.54 Å². The fourth-order valence-electron chi connectivity index (χ4n) is 2.32. The minimum atomic E-state index is -0.267. The molecule has 2 fully saturated rings. The van der Waals surface area contributed by atoms with Crippen molar-refractivity contribution in [3.8, 4) is 0 Å². The Hall–Kier alpha value is -0.610. The summed E-state index contributed by atoms with van der Waals surface area (Å²) in [6.45, 7) is 0.763. The molecule has 1 saturated heterocycles. The molecule has 1 aliphatic carbocycles. The Labute approximate surface area is 84.1 Å². The lowest BCUT2D eigenvalue weighted by molar-refractivity contribution is -0.121. The predicted molar refractivity (Wildman–Crippen MR) is 52.8 cm³/mol. The van der Waals surface area contributed by atoms with Crippen LogP contribution < -0.4 is 10.6 Å². The van der Waals surface area contributed by atoms with Gasteiger partial charge in [-0.2, -0.15) is 0 Å². The molecule has 0 aromatic heterocycles. The predicted octanol–water partition coefficient (Wildman–Crippen LogP) is -0.232. The molecule has 4 nitrogen and oxygen atoms in total. The van der Waals surface area contributed by atoms with Gasteiger partial charge in [-0.1, -0.05) is 12.8 Å². The first-order chi connectivity index (χ1) is 6.77. The van der Waals surface area contributed by atoms with Crippen molar-refractivity contribution in [2.24, 2.45) is 0 Å². The maximum atomic E-state index is 11.3. The van der Waals surface area contributed by atoms with Crippen LogP contribution in [0.5, 0.6) is 0 Å². The standard InChI is InChI=1S/C10H18N2O2/c13-9-4-2-1-3-7(9)12-8-5-6-11-10(8)14/h7-9,12-13H,1-6H2,(H,11,14)/t7-,8?,9-/m0/s1. The topological polar surface area (TPSA) is 61.4 Å². The molecule has 3 N–H and O–H groups in total. The number of carbonyl (C=O) groups excluding carboxylic acids is 1. The number of aliphatic hydroxyl groups excluding tert-OH is 1. The van der Waals surface area contributed by atoms with Gasteiger partial charge in [-0.3, -0.25) is 4.79 Å². The Kier molecular flexibility index (Phi) is 3.03. The van der Waals surface area contributed by atoms with Gasteiger partial charge in [0.2, 0.25) is 5.91 Å². The molecular weight excluding hydrogens is 180 g/mol. The molecule has 2 aliphatic rings. The normalized spacial score (nSPS) is 38.4. The molecule has 3 atom stereocenters. The van der Waals surface area contributed by atoms with Crippen LogP contribution in [-0.4, -0.2) is 35.7 Å². The summed E-state index contributed by atoms with van der Waals surface area (Å²) in [7, 11) is 0. The second-order valence-electron chi connectivity index (χ2n) is 4.26. The average Bonchev–Trinajstić information content (AvgIpc) is 2.56. The highest BCUT2D eigenvalue weighted by molar-refractivity contribution is 5.83.